The quantitative estimate of drug-likeness (QED) is 0.587. The number of nitrogens with one attached hydrogen (secondary N) is 2. The number of nitrogen functional groups attached to an aromatic ring is 1. The summed E-state index contributed by atoms with van der Waals surface area (Å²) in [7, 11) is 1.63. The van der Waals surface area contributed by atoms with Crippen molar-refractivity contribution in [3.8, 4) is 0 Å². The first-order valence-corrected chi connectivity index (χ1v) is 9.05. The summed E-state index contributed by atoms with van der Waals surface area (Å²) in [5, 5.41) is 3.37. The lowest BCUT2D eigenvalue weighted by Gasteiger charge is -2.23. The second kappa shape index (κ2) is 8.10. The summed E-state index contributed by atoms with van der Waals surface area (Å²) in [4.78, 5) is 28.5. The van der Waals surface area contributed by atoms with E-state index in [-0.39, 0.29) is 23.2 Å². The first kappa shape index (κ1) is 19.4. The summed E-state index contributed by atoms with van der Waals surface area (Å²) in [6.45, 7) is 2.21. The van der Waals surface area contributed by atoms with E-state index in [2.05, 4.69) is 10.3 Å². The normalized spacial score (nSPS) is 10.5. The van der Waals surface area contributed by atoms with Crippen LogP contribution in [-0.2, 0) is 6.54 Å². The predicted octanol–water partition coefficient (Wildman–Crippen LogP) is 2.31. The van der Waals surface area contributed by atoms with Crippen LogP contribution in [0.4, 0.5) is 17.2 Å². The van der Waals surface area contributed by atoms with Crippen LogP contribution in [0.15, 0.2) is 64.2 Å². The molecule has 2 aromatic carbocycles. The Bertz CT molecular complexity index is 1120. The fourth-order valence-corrected chi connectivity index (χ4v) is 3.07. The van der Waals surface area contributed by atoms with Crippen molar-refractivity contribution in [1.29, 1.82) is 0 Å². The predicted molar refractivity (Wildman–Crippen MR) is 117 cm³/mol. The van der Waals surface area contributed by atoms with Gasteiger partial charge in [0.1, 0.15) is 5.82 Å². The Labute approximate surface area is 167 Å². The molecule has 0 saturated heterocycles. The zero-order valence-corrected chi connectivity index (χ0v) is 16.4. The Kier molecular flexibility index (Phi) is 5.60. The van der Waals surface area contributed by atoms with Crippen LogP contribution in [0.5, 0.6) is 0 Å². The molecule has 0 radical (unpaired) electrons. The molecule has 1 heterocycles. The van der Waals surface area contributed by atoms with Crippen LogP contribution < -0.4 is 27.2 Å². The smallest absolute Gasteiger partial charge is 0.330 e. The molecule has 8 heteroatoms. The molecule has 0 amide bonds. The molecule has 4 N–H and O–H groups in total. The minimum atomic E-state index is -0.595. The highest BCUT2D eigenvalue weighted by Gasteiger charge is 2.19. The summed E-state index contributed by atoms with van der Waals surface area (Å²) in [5.41, 5.74) is 7.91. The van der Waals surface area contributed by atoms with Crippen molar-refractivity contribution in [2.45, 2.75) is 13.5 Å². The van der Waals surface area contributed by atoms with Crippen LogP contribution in [0.2, 0.25) is 0 Å². The van der Waals surface area contributed by atoms with Gasteiger partial charge in [0, 0.05) is 12.7 Å². The fraction of sp³-hybridized carbons (Fsp3) is 0.150. The highest BCUT2D eigenvalue weighted by atomic mass is 32.1. The number of hydrogen-bond donors (Lipinski definition) is 3. The average Bonchev–Trinajstić information content (AvgIpc) is 2.65. The molecule has 1 aromatic heterocycles. The maximum atomic E-state index is 12.4. The van der Waals surface area contributed by atoms with Crippen molar-refractivity contribution in [3.05, 3.63) is 86.6 Å². The average molecular weight is 395 g/mol. The first-order valence-electron chi connectivity index (χ1n) is 8.64. The van der Waals surface area contributed by atoms with E-state index in [1.807, 2.05) is 61.5 Å². The third-order valence-corrected chi connectivity index (χ3v) is 4.68. The second-order valence-corrected chi connectivity index (χ2v) is 6.81. The number of hydrogen-bond acceptors (Lipinski definition) is 4. The summed E-state index contributed by atoms with van der Waals surface area (Å²) in [5.74, 6) is 0.0495. The number of rotatable bonds is 4. The molecule has 3 aromatic rings. The molecular formula is C20H21N5O2S. The lowest BCUT2D eigenvalue weighted by Crippen LogP contribution is -2.40. The Morgan fingerprint density at radius 3 is 2.57 bits per heavy atom. The maximum absolute atomic E-state index is 12.4. The number of anilines is 3. The van der Waals surface area contributed by atoms with E-state index in [0.717, 1.165) is 16.8 Å². The van der Waals surface area contributed by atoms with E-state index in [9.17, 15) is 9.59 Å². The van der Waals surface area contributed by atoms with Crippen LogP contribution in [-0.4, -0.2) is 21.7 Å². The highest BCUT2D eigenvalue weighted by Crippen LogP contribution is 2.18. The number of thiocarbonyl (C=S) groups is 1. The molecule has 0 aliphatic carbocycles. The van der Waals surface area contributed by atoms with Gasteiger partial charge >= 0.3 is 5.69 Å². The van der Waals surface area contributed by atoms with Gasteiger partial charge in [0.05, 0.1) is 6.54 Å². The summed E-state index contributed by atoms with van der Waals surface area (Å²) in [6, 6.07) is 17.1. The Balaban J connectivity index is 1.94. The van der Waals surface area contributed by atoms with Gasteiger partial charge in [0.2, 0.25) is 0 Å². The van der Waals surface area contributed by atoms with Crippen LogP contribution >= 0.6 is 12.2 Å². The van der Waals surface area contributed by atoms with E-state index in [4.69, 9.17) is 18.0 Å². The number of aryl methyl sites for hydroxylation is 1. The third kappa shape index (κ3) is 4.12. The van der Waals surface area contributed by atoms with Gasteiger partial charge in [0.25, 0.3) is 5.56 Å². The summed E-state index contributed by atoms with van der Waals surface area (Å²) >= 11 is 5.43. The molecule has 0 aliphatic heterocycles. The van der Waals surface area contributed by atoms with Crippen LogP contribution in [0.3, 0.4) is 0 Å². The van der Waals surface area contributed by atoms with Crippen molar-refractivity contribution < 1.29 is 0 Å². The molecule has 0 unspecified atom stereocenters. The van der Waals surface area contributed by atoms with Crippen molar-refractivity contribution in [2.75, 3.05) is 23.0 Å². The van der Waals surface area contributed by atoms with Crippen molar-refractivity contribution in [1.82, 2.24) is 9.55 Å². The van der Waals surface area contributed by atoms with Gasteiger partial charge in [-0.3, -0.25) is 14.3 Å². The topological polar surface area (TPSA) is 96.2 Å². The van der Waals surface area contributed by atoms with Crippen molar-refractivity contribution in [3.63, 3.8) is 0 Å². The second-order valence-electron chi connectivity index (χ2n) is 6.42. The van der Waals surface area contributed by atoms with Gasteiger partial charge in [-0.25, -0.2) is 4.79 Å². The lowest BCUT2D eigenvalue weighted by molar-refractivity contribution is 0.732. The number of benzene rings is 2. The molecule has 0 fully saturated rings. The molecule has 0 aliphatic rings. The van der Waals surface area contributed by atoms with E-state index in [1.165, 1.54) is 9.47 Å². The Morgan fingerprint density at radius 1 is 1.18 bits per heavy atom. The summed E-state index contributed by atoms with van der Waals surface area (Å²) in [6.07, 6.45) is 0. The van der Waals surface area contributed by atoms with Gasteiger partial charge in [-0.05, 0) is 42.4 Å². The third-order valence-electron chi connectivity index (χ3n) is 4.31. The summed E-state index contributed by atoms with van der Waals surface area (Å²) < 4.78 is 1.32. The molecule has 0 saturated carbocycles. The van der Waals surface area contributed by atoms with E-state index < -0.39 is 11.2 Å². The van der Waals surface area contributed by atoms with Gasteiger partial charge < -0.3 is 16.0 Å². The van der Waals surface area contributed by atoms with E-state index in [1.54, 1.807) is 7.05 Å². The van der Waals surface area contributed by atoms with Gasteiger partial charge in [-0.2, -0.15) is 0 Å². The molecule has 0 bridgehead atoms. The molecule has 7 nitrogen and oxygen atoms in total. The van der Waals surface area contributed by atoms with Crippen molar-refractivity contribution in [2.24, 2.45) is 0 Å². The zero-order chi connectivity index (χ0) is 20.3. The molecule has 28 heavy (non-hydrogen) atoms. The van der Waals surface area contributed by atoms with Crippen LogP contribution in [0.25, 0.3) is 0 Å². The first-order chi connectivity index (χ1) is 13.4. The molecule has 3 rings (SSSR count). The Morgan fingerprint density at radius 2 is 1.89 bits per heavy atom. The Hall–Kier alpha value is -3.39. The monoisotopic (exact) mass is 395 g/mol. The number of aromatic nitrogens is 2. The molecule has 144 valence electrons. The van der Waals surface area contributed by atoms with E-state index in [0.29, 0.717) is 0 Å². The fourth-order valence-electron chi connectivity index (χ4n) is 2.86. The van der Waals surface area contributed by atoms with Crippen LogP contribution in [0.1, 0.15) is 11.1 Å². The number of nitrogens with two attached hydrogens (primary N) is 1. The number of aromatic amines is 1. The van der Waals surface area contributed by atoms with Crippen molar-refractivity contribution >= 4 is 34.5 Å². The van der Waals surface area contributed by atoms with Crippen LogP contribution in [0, 0.1) is 6.92 Å². The van der Waals surface area contributed by atoms with Gasteiger partial charge in [0.15, 0.2) is 10.8 Å². The molecule has 0 spiro atoms. The molecular weight excluding hydrogens is 374 g/mol. The van der Waals surface area contributed by atoms with E-state index >= 15 is 0 Å². The maximum Gasteiger partial charge on any atom is 0.330 e. The minimum absolute atomic E-state index is 0.0495. The number of nitrogens with zero attached hydrogens (tertiary/aromatic N) is 2. The zero-order valence-electron chi connectivity index (χ0n) is 15.6. The molecule has 0 atom stereocenters. The minimum Gasteiger partial charge on any atom is -0.383 e. The SMILES string of the molecule is Cc1cccc(NC(=S)N(C)c2c(N)n(Cc3ccccc3)c(=O)[nH]c2=O)c1. The number of H-pyrrole nitrogens is 1. The van der Waals surface area contributed by atoms with Gasteiger partial charge in [-0.1, -0.05) is 42.5 Å². The standard InChI is InChI=1S/C20H21N5O2S/c1-13-7-6-10-15(11-13)22-20(28)24(2)16-17(21)25(19(27)23-18(16)26)12-14-8-4-3-5-9-14/h3-11H,12,21H2,1-2H3,(H,22,28)(H,23,26,27). The highest BCUT2D eigenvalue weighted by molar-refractivity contribution is 7.80. The lowest BCUT2D eigenvalue weighted by atomic mass is 10.2. The largest absolute Gasteiger partial charge is 0.383 e. The van der Waals surface area contributed by atoms with Gasteiger partial charge in [-0.15, -0.1) is 0 Å².